The molecule has 3 amide bonds. The number of carbonyl (C=O) groups excluding carboxylic acids is 3. The lowest BCUT2D eigenvalue weighted by atomic mass is 10.1. The van der Waals surface area contributed by atoms with Gasteiger partial charge >= 0.3 is 0 Å². The van der Waals surface area contributed by atoms with Gasteiger partial charge in [-0.25, -0.2) is 4.68 Å². The average Bonchev–Trinajstić information content (AvgIpc) is 3.10. The fraction of sp³-hybridized carbons (Fsp3) is 0.368. The van der Waals surface area contributed by atoms with Gasteiger partial charge in [-0.1, -0.05) is 18.2 Å². The highest BCUT2D eigenvalue weighted by Crippen LogP contribution is 2.13. The zero-order valence-electron chi connectivity index (χ0n) is 17.3. The van der Waals surface area contributed by atoms with Crippen molar-refractivity contribution >= 4 is 17.7 Å². The van der Waals surface area contributed by atoms with Crippen molar-refractivity contribution in [2.75, 3.05) is 21.1 Å². The van der Waals surface area contributed by atoms with Crippen LogP contribution in [0.25, 0.3) is 5.69 Å². The van der Waals surface area contributed by atoms with Crippen LogP contribution in [0.4, 0.5) is 0 Å². The van der Waals surface area contributed by atoms with E-state index in [1.54, 1.807) is 10.7 Å². The molecule has 10 nitrogen and oxygen atoms in total. The van der Waals surface area contributed by atoms with Crippen molar-refractivity contribution in [1.29, 1.82) is 0 Å². The molecule has 0 aliphatic carbocycles. The van der Waals surface area contributed by atoms with E-state index in [0.29, 0.717) is 5.69 Å². The van der Waals surface area contributed by atoms with Crippen molar-refractivity contribution in [1.82, 2.24) is 20.4 Å². The predicted octanol–water partition coefficient (Wildman–Crippen LogP) is -1.02. The highest BCUT2D eigenvalue weighted by atomic mass is 16.2. The van der Waals surface area contributed by atoms with Crippen LogP contribution in [-0.4, -0.2) is 54.7 Å². The molecule has 2 rings (SSSR count). The second-order valence-electron chi connectivity index (χ2n) is 5.61. The summed E-state index contributed by atoms with van der Waals surface area (Å²) in [5.41, 5.74) is 16.4. The van der Waals surface area contributed by atoms with E-state index in [0.717, 1.165) is 11.4 Å². The van der Waals surface area contributed by atoms with E-state index in [-0.39, 0.29) is 12.8 Å². The molecule has 0 aliphatic heterocycles. The number of nitrogens with zero attached hydrogens (tertiary/aromatic N) is 2. The number of rotatable bonds is 7. The zero-order valence-corrected chi connectivity index (χ0v) is 17.3. The number of benzene rings is 1. The summed E-state index contributed by atoms with van der Waals surface area (Å²) >= 11 is 0. The van der Waals surface area contributed by atoms with Gasteiger partial charge in [0.2, 0.25) is 17.7 Å². The van der Waals surface area contributed by atoms with Gasteiger partial charge in [0.15, 0.2) is 0 Å². The molecule has 8 N–H and O–H groups in total. The number of nitrogens with one attached hydrogen (secondary N) is 2. The normalized spacial score (nSPS) is 10.4. The molecule has 1 aromatic heterocycles. The summed E-state index contributed by atoms with van der Waals surface area (Å²) in [7, 11) is 4.43. The van der Waals surface area contributed by atoms with Gasteiger partial charge in [0.05, 0.1) is 29.9 Å². The number of likely N-dealkylation sites (N-methyl/N-ethyl adjacent to an activating group) is 1. The van der Waals surface area contributed by atoms with Crippen molar-refractivity contribution < 1.29 is 14.4 Å². The highest BCUT2D eigenvalue weighted by Gasteiger charge is 2.22. The summed E-state index contributed by atoms with van der Waals surface area (Å²) in [4.78, 5) is 35.2. The largest absolute Gasteiger partial charge is 0.370 e. The number of aromatic nitrogens is 2. The molecule has 0 unspecified atom stereocenters. The van der Waals surface area contributed by atoms with Gasteiger partial charge in [-0.3, -0.25) is 14.4 Å². The van der Waals surface area contributed by atoms with Gasteiger partial charge < -0.3 is 27.8 Å². The topological polar surface area (TPSA) is 171 Å². The molecule has 1 atom stereocenters. The molecule has 1 heterocycles. The van der Waals surface area contributed by atoms with Crippen LogP contribution < -0.4 is 27.8 Å². The van der Waals surface area contributed by atoms with Gasteiger partial charge in [-0.05, 0) is 39.2 Å². The Morgan fingerprint density at radius 2 is 1.69 bits per heavy atom. The minimum absolute atomic E-state index is 0.0159. The maximum Gasteiger partial charge on any atom is 0.242 e. The Morgan fingerprint density at radius 3 is 2.21 bits per heavy atom. The Morgan fingerprint density at radius 1 is 1.10 bits per heavy atom. The lowest BCUT2D eigenvalue weighted by molar-refractivity contribution is -0.130. The average molecular weight is 406 g/mol. The van der Waals surface area contributed by atoms with Crippen LogP contribution in [0.2, 0.25) is 0 Å². The third-order valence-electron chi connectivity index (χ3n) is 3.55. The number of hydrogen-bond donors (Lipinski definition) is 5. The van der Waals surface area contributed by atoms with Crippen LogP contribution in [0.3, 0.4) is 0 Å². The highest BCUT2D eigenvalue weighted by molar-refractivity contribution is 5.91. The molecular formula is C19H31N7O3. The third-order valence-corrected chi connectivity index (χ3v) is 3.55. The second kappa shape index (κ2) is 13.9. The minimum Gasteiger partial charge on any atom is -0.370 e. The Bertz CT molecular complexity index is 775. The van der Waals surface area contributed by atoms with Gasteiger partial charge in [-0.2, -0.15) is 5.10 Å². The smallest absolute Gasteiger partial charge is 0.242 e. The van der Waals surface area contributed by atoms with E-state index in [2.05, 4.69) is 27.2 Å². The first-order valence-electron chi connectivity index (χ1n) is 8.96. The van der Waals surface area contributed by atoms with Crippen LogP contribution in [0, 0.1) is 6.92 Å². The Kier molecular flexibility index (Phi) is 12.3. The number of aryl methyl sites for hydroxylation is 1. The van der Waals surface area contributed by atoms with Crippen LogP contribution in [0.5, 0.6) is 0 Å². The minimum atomic E-state index is -0.996. The monoisotopic (exact) mass is 405 g/mol. The van der Waals surface area contributed by atoms with Crippen molar-refractivity contribution in [3.8, 4) is 5.69 Å². The Hall–Kier alpha value is -3.24. The molecule has 160 valence electrons. The van der Waals surface area contributed by atoms with E-state index in [4.69, 9.17) is 5.73 Å². The first-order valence-corrected chi connectivity index (χ1v) is 8.96. The van der Waals surface area contributed by atoms with E-state index < -0.39 is 23.8 Å². The molecule has 10 heteroatoms. The van der Waals surface area contributed by atoms with Crippen molar-refractivity contribution in [2.45, 2.75) is 25.8 Å². The number of para-hydroxylation sites is 1. The van der Waals surface area contributed by atoms with E-state index in [1.165, 1.54) is 21.1 Å². The maximum atomic E-state index is 12.3. The van der Waals surface area contributed by atoms with E-state index in [9.17, 15) is 14.4 Å². The molecule has 0 radical (unpaired) electrons. The van der Waals surface area contributed by atoms with Crippen LogP contribution in [0.15, 0.2) is 36.4 Å². The SMILES string of the molecule is CN.CN.CNC(=O)[C@H](CC(N)=O)NC(=O)Cc1cc(C)nn1-c1ccccc1. The standard InChI is InChI=1S/C17H21N5O3.2CH5N/c1-11-8-13(22(21-11)12-6-4-3-5-7-12)9-16(24)20-14(10-15(18)23)17(25)19-2;2*1-2/h3-8,14H,9-10H2,1-2H3,(H2,18,23)(H,19,25)(H,20,24);2*2H2,1H3/t14-;;/m0../s1. The van der Waals surface area contributed by atoms with Crippen LogP contribution in [0.1, 0.15) is 17.8 Å². The first kappa shape index (κ1) is 25.8. The fourth-order valence-electron chi connectivity index (χ4n) is 2.47. The van der Waals surface area contributed by atoms with Gasteiger partial charge in [0.1, 0.15) is 6.04 Å². The van der Waals surface area contributed by atoms with Crippen molar-refractivity contribution in [2.24, 2.45) is 17.2 Å². The Labute approximate surface area is 170 Å². The summed E-state index contributed by atoms with van der Waals surface area (Å²) in [6, 6.07) is 10.2. The summed E-state index contributed by atoms with van der Waals surface area (Å²) in [5.74, 6) is -1.54. The summed E-state index contributed by atoms with van der Waals surface area (Å²) in [5, 5.41) is 9.34. The molecule has 0 aliphatic rings. The summed E-state index contributed by atoms with van der Waals surface area (Å²) in [6.45, 7) is 1.83. The quantitative estimate of drug-likeness (QED) is 0.394. The third kappa shape index (κ3) is 8.54. The molecule has 0 saturated heterocycles. The van der Waals surface area contributed by atoms with E-state index in [1.807, 2.05) is 37.3 Å². The number of primary amides is 1. The Balaban J connectivity index is 0.00000184. The summed E-state index contributed by atoms with van der Waals surface area (Å²) in [6.07, 6.45) is -0.246. The fourth-order valence-corrected chi connectivity index (χ4v) is 2.47. The van der Waals surface area contributed by atoms with E-state index >= 15 is 0 Å². The molecule has 2 aromatic rings. The molecule has 29 heavy (non-hydrogen) atoms. The number of amides is 3. The lowest BCUT2D eigenvalue weighted by Crippen LogP contribution is -2.48. The van der Waals surface area contributed by atoms with Crippen LogP contribution >= 0.6 is 0 Å². The summed E-state index contributed by atoms with van der Waals surface area (Å²) < 4.78 is 1.68. The molecule has 0 saturated carbocycles. The van der Waals surface area contributed by atoms with Gasteiger partial charge in [-0.15, -0.1) is 0 Å². The molecule has 0 fully saturated rings. The van der Waals surface area contributed by atoms with Crippen LogP contribution in [-0.2, 0) is 20.8 Å². The number of nitrogens with two attached hydrogens (primary N) is 3. The van der Waals surface area contributed by atoms with Crippen molar-refractivity contribution in [3.63, 3.8) is 0 Å². The lowest BCUT2D eigenvalue weighted by Gasteiger charge is -2.16. The van der Waals surface area contributed by atoms with Crippen molar-refractivity contribution in [3.05, 3.63) is 47.8 Å². The molecular weight excluding hydrogens is 374 g/mol. The molecule has 1 aromatic carbocycles. The second-order valence-corrected chi connectivity index (χ2v) is 5.61. The van der Waals surface area contributed by atoms with Gasteiger partial charge in [0.25, 0.3) is 0 Å². The molecule has 0 bridgehead atoms. The molecule has 0 spiro atoms. The number of carbonyl (C=O) groups is 3. The van der Waals surface area contributed by atoms with Gasteiger partial charge in [0, 0.05) is 7.05 Å². The number of hydrogen-bond acceptors (Lipinski definition) is 6. The maximum absolute atomic E-state index is 12.3. The first-order chi connectivity index (χ1) is 13.9. The zero-order chi connectivity index (χ0) is 22.4. The predicted molar refractivity (Wildman–Crippen MR) is 112 cm³/mol.